The second kappa shape index (κ2) is 4.47. The van der Waals surface area contributed by atoms with Crippen LogP contribution in [0, 0.1) is 5.41 Å². The minimum atomic E-state index is -0.108. The Labute approximate surface area is 90.0 Å². The highest BCUT2D eigenvalue weighted by Crippen LogP contribution is 2.19. The highest BCUT2D eigenvalue weighted by atomic mass is 35.5. The molecule has 0 aliphatic carbocycles. The van der Waals surface area contributed by atoms with Gasteiger partial charge < -0.3 is 0 Å². The molecule has 0 saturated carbocycles. The van der Waals surface area contributed by atoms with Gasteiger partial charge in [-0.1, -0.05) is 50.6 Å². The van der Waals surface area contributed by atoms with Gasteiger partial charge in [0.25, 0.3) is 0 Å². The van der Waals surface area contributed by atoms with Crippen LogP contribution in [-0.4, -0.2) is 5.17 Å². The first-order chi connectivity index (χ1) is 6.50. The maximum atomic E-state index is 5.99. The predicted molar refractivity (Wildman–Crippen MR) is 62.8 cm³/mol. The smallest absolute Gasteiger partial charge is 0.131 e. The van der Waals surface area contributed by atoms with Crippen molar-refractivity contribution in [3.63, 3.8) is 0 Å². The third kappa shape index (κ3) is 3.38. The van der Waals surface area contributed by atoms with E-state index in [0.29, 0.717) is 5.17 Å². The van der Waals surface area contributed by atoms with Crippen LogP contribution in [-0.2, 0) is 0 Å². The van der Waals surface area contributed by atoms with E-state index in [4.69, 9.17) is 11.6 Å². The number of nitrogens with one attached hydrogen (secondary N) is 1. The van der Waals surface area contributed by atoms with Crippen molar-refractivity contribution in [3.8, 4) is 0 Å². The summed E-state index contributed by atoms with van der Waals surface area (Å²) in [5.74, 6) is 0. The normalized spacial score (nSPS) is 12.7. The molecular formula is C11H15ClN2. The molecule has 0 amide bonds. The maximum absolute atomic E-state index is 5.99. The highest BCUT2D eigenvalue weighted by molar-refractivity contribution is 6.66. The molecule has 14 heavy (non-hydrogen) atoms. The molecule has 1 N–H and O–H groups in total. The number of halogens is 1. The van der Waals surface area contributed by atoms with Gasteiger partial charge in [-0.05, 0) is 12.1 Å². The lowest BCUT2D eigenvalue weighted by molar-refractivity contribution is 0.599. The van der Waals surface area contributed by atoms with Crippen LogP contribution in [0.25, 0.3) is 0 Å². The summed E-state index contributed by atoms with van der Waals surface area (Å²) in [6.45, 7) is 6.06. The summed E-state index contributed by atoms with van der Waals surface area (Å²) in [4.78, 5) is 0. The standard InChI is InChI=1S/C11H15ClN2/c1-11(2,3)10(12)14-13-9-7-5-4-6-8-9/h4-8,13H,1-3H3. The van der Waals surface area contributed by atoms with Crippen molar-refractivity contribution in [2.45, 2.75) is 20.8 Å². The van der Waals surface area contributed by atoms with E-state index in [1.165, 1.54) is 0 Å². The molecule has 0 aromatic heterocycles. The van der Waals surface area contributed by atoms with E-state index < -0.39 is 0 Å². The Morgan fingerprint density at radius 1 is 1.21 bits per heavy atom. The van der Waals surface area contributed by atoms with E-state index in [2.05, 4.69) is 10.5 Å². The average molecular weight is 211 g/mol. The number of hydrazone groups is 1. The SMILES string of the molecule is CC(C)(C)C(Cl)=NNc1ccccc1. The molecule has 2 nitrogen and oxygen atoms in total. The molecule has 0 spiro atoms. The fraction of sp³-hybridized carbons (Fsp3) is 0.364. The monoisotopic (exact) mass is 210 g/mol. The third-order valence-corrected chi connectivity index (χ3v) is 2.33. The van der Waals surface area contributed by atoms with Gasteiger partial charge in [-0.3, -0.25) is 5.43 Å². The lowest BCUT2D eigenvalue weighted by Crippen LogP contribution is -2.15. The topological polar surface area (TPSA) is 24.4 Å². The number of benzene rings is 1. The van der Waals surface area contributed by atoms with Gasteiger partial charge in [0.05, 0.1) is 5.69 Å². The van der Waals surface area contributed by atoms with Crippen LogP contribution >= 0.6 is 11.6 Å². The highest BCUT2D eigenvalue weighted by Gasteiger charge is 2.16. The van der Waals surface area contributed by atoms with Crippen LogP contribution in [0.15, 0.2) is 35.4 Å². The molecule has 0 bridgehead atoms. The Hall–Kier alpha value is -1.02. The van der Waals surface area contributed by atoms with Crippen LogP contribution in [0.3, 0.4) is 0 Å². The van der Waals surface area contributed by atoms with E-state index in [0.717, 1.165) is 5.69 Å². The molecule has 1 rings (SSSR count). The molecular weight excluding hydrogens is 196 g/mol. The van der Waals surface area contributed by atoms with E-state index in [1.54, 1.807) is 0 Å². The summed E-state index contributed by atoms with van der Waals surface area (Å²) in [7, 11) is 0. The Bertz CT molecular complexity index is 312. The van der Waals surface area contributed by atoms with Crippen LogP contribution in [0.5, 0.6) is 0 Å². The molecule has 1 aromatic rings. The van der Waals surface area contributed by atoms with Gasteiger partial charge in [-0.15, -0.1) is 0 Å². The summed E-state index contributed by atoms with van der Waals surface area (Å²) in [6.07, 6.45) is 0. The maximum Gasteiger partial charge on any atom is 0.131 e. The van der Waals surface area contributed by atoms with Crippen LogP contribution in [0.1, 0.15) is 20.8 Å². The number of para-hydroxylation sites is 1. The molecule has 0 atom stereocenters. The Morgan fingerprint density at radius 3 is 2.29 bits per heavy atom. The van der Waals surface area contributed by atoms with E-state index in [9.17, 15) is 0 Å². The molecule has 0 aliphatic rings. The summed E-state index contributed by atoms with van der Waals surface area (Å²) >= 11 is 5.99. The fourth-order valence-corrected chi connectivity index (χ4v) is 0.836. The summed E-state index contributed by atoms with van der Waals surface area (Å²) in [5.41, 5.74) is 3.74. The van der Waals surface area contributed by atoms with Gasteiger partial charge in [0.15, 0.2) is 0 Å². The fourth-order valence-electron chi connectivity index (χ4n) is 0.794. The van der Waals surface area contributed by atoms with Crippen molar-refractivity contribution in [2.24, 2.45) is 10.5 Å². The van der Waals surface area contributed by atoms with Crippen molar-refractivity contribution in [2.75, 3.05) is 5.43 Å². The average Bonchev–Trinajstić information content (AvgIpc) is 2.14. The quantitative estimate of drug-likeness (QED) is 0.584. The van der Waals surface area contributed by atoms with Crippen molar-refractivity contribution in [3.05, 3.63) is 30.3 Å². The molecule has 0 heterocycles. The second-order valence-electron chi connectivity index (χ2n) is 4.13. The third-order valence-electron chi connectivity index (χ3n) is 1.68. The first-order valence-corrected chi connectivity index (χ1v) is 4.92. The lowest BCUT2D eigenvalue weighted by Gasteiger charge is -2.15. The van der Waals surface area contributed by atoms with Crippen LogP contribution in [0.2, 0.25) is 0 Å². The zero-order valence-electron chi connectivity index (χ0n) is 8.71. The summed E-state index contributed by atoms with van der Waals surface area (Å²) in [6, 6.07) is 9.73. The molecule has 0 radical (unpaired) electrons. The second-order valence-corrected chi connectivity index (χ2v) is 4.49. The first kappa shape index (κ1) is 11.1. The molecule has 1 aromatic carbocycles. The number of anilines is 1. The predicted octanol–water partition coefficient (Wildman–Crippen LogP) is 3.70. The summed E-state index contributed by atoms with van der Waals surface area (Å²) in [5, 5.41) is 4.67. The number of hydrogen-bond donors (Lipinski definition) is 1. The minimum Gasteiger partial charge on any atom is -0.277 e. The number of hydrogen-bond acceptors (Lipinski definition) is 2. The molecule has 0 fully saturated rings. The van der Waals surface area contributed by atoms with Gasteiger partial charge in [-0.25, -0.2) is 0 Å². The van der Waals surface area contributed by atoms with Crippen LogP contribution < -0.4 is 5.43 Å². The minimum absolute atomic E-state index is 0.108. The van der Waals surface area contributed by atoms with E-state index >= 15 is 0 Å². The summed E-state index contributed by atoms with van der Waals surface area (Å²) < 4.78 is 0. The Morgan fingerprint density at radius 2 is 1.79 bits per heavy atom. The van der Waals surface area contributed by atoms with Crippen molar-refractivity contribution in [1.29, 1.82) is 0 Å². The van der Waals surface area contributed by atoms with Crippen molar-refractivity contribution in [1.82, 2.24) is 0 Å². The molecule has 0 aliphatic heterocycles. The lowest BCUT2D eigenvalue weighted by atomic mass is 9.99. The molecule has 0 unspecified atom stereocenters. The molecule has 3 heteroatoms. The van der Waals surface area contributed by atoms with Crippen molar-refractivity contribution < 1.29 is 0 Å². The number of nitrogens with zero attached hydrogens (tertiary/aromatic N) is 1. The van der Waals surface area contributed by atoms with Gasteiger partial charge in [0.2, 0.25) is 0 Å². The van der Waals surface area contributed by atoms with Gasteiger partial charge >= 0.3 is 0 Å². The zero-order valence-corrected chi connectivity index (χ0v) is 9.47. The van der Waals surface area contributed by atoms with Gasteiger partial charge in [-0.2, -0.15) is 5.10 Å². The van der Waals surface area contributed by atoms with Crippen molar-refractivity contribution >= 4 is 22.5 Å². The largest absolute Gasteiger partial charge is 0.277 e. The van der Waals surface area contributed by atoms with Crippen LogP contribution in [0.4, 0.5) is 5.69 Å². The molecule has 0 saturated heterocycles. The van der Waals surface area contributed by atoms with Gasteiger partial charge in [0, 0.05) is 5.41 Å². The van der Waals surface area contributed by atoms with E-state index in [1.807, 2.05) is 51.1 Å². The number of rotatable bonds is 2. The Balaban J connectivity index is 2.65. The first-order valence-electron chi connectivity index (χ1n) is 4.55. The van der Waals surface area contributed by atoms with Gasteiger partial charge in [0.1, 0.15) is 5.17 Å². The Kier molecular flexibility index (Phi) is 3.53. The molecule has 76 valence electrons. The van der Waals surface area contributed by atoms with E-state index in [-0.39, 0.29) is 5.41 Å². The zero-order chi connectivity index (χ0) is 10.6.